The lowest BCUT2D eigenvalue weighted by Gasteiger charge is -2.15. The molecule has 5 nitrogen and oxygen atoms in total. The molecule has 3 aromatic rings. The maximum Gasteiger partial charge on any atom is 0.270 e. The van der Waals surface area contributed by atoms with Crippen LogP contribution in [0.25, 0.3) is 21.9 Å². The van der Waals surface area contributed by atoms with E-state index in [1.54, 1.807) is 13.2 Å². The van der Waals surface area contributed by atoms with Gasteiger partial charge in [-0.2, -0.15) is 5.26 Å². The predicted octanol–water partition coefficient (Wildman–Crippen LogP) is 4.56. The Morgan fingerprint density at radius 3 is 2.61 bits per heavy atom. The predicted molar refractivity (Wildman–Crippen MR) is 110 cm³/mol. The van der Waals surface area contributed by atoms with Crippen molar-refractivity contribution in [1.29, 1.82) is 5.26 Å². The summed E-state index contributed by atoms with van der Waals surface area (Å²) in [5.41, 5.74) is 2.06. The SMILES string of the molecule is CCC(C)CNC(=O)c1nc(C#N)c(-c2ccccc2)c2cc(OC)ccc12. The number of carbonyl (C=O) groups excluding carboxylic acids is 1. The Morgan fingerprint density at radius 1 is 1.21 bits per heavy atom. The van der Waals surface area contributed by atoms with E-state index < -0.39 is 0 Å². The number of nitriles is 1. The van der Waals surface area contributed by atoms with E-state index in [0.29, 0.717) is 29.2 Å². The first-order chi connectivity index (χ1) is 13.6. The van der Waals surface area contributed by atoms with Gasteiger partial charge in [-0.3, -0.25) is 4.79 Å². The Labute approximate surface area is 165 Å². The van der Waals surface area contributed by atoms with Crippen LogP contribution in [0.5, 0.6) is 5.75 Å². The minimum absolute atomic E-state index is 0.223. The van der Waals surface area contributed by atoms with E-state index in [-0.39, 0.29) is 17.3 Å². The molecule has 0 fully saturated rings. The van der Waals surface area contributed by atoms with E-state index in [0.717, 1.165) is 17.4 Å². The summed E-state index contributed by atoms with van der Waals surface area (Å²) in [6, 6.07) is 17.2. The van der Waals surface area contributed by atoms with Gasteiger partial charge in [-0.1, -0.05) is 50.6 Å². The number of hydrogen-bond donors (Lipinski definition) is 1. The van der Waals surface area contributed by atoms with Gasteiger partial charge in [0.25, 0.3) is 5.91 Å². The number of methoxy groups -OCH3 is 1. The van der Waals surface area contributed by atoms with Crippen molar-refractivity contribution in [3.05, 3.63) is 59.9 Å². The molecule has 28 heavy (non-hydrogen) atoms. The van der Waals surface area contributed by atoms with Crippen molar-refractivity contribution < 1.29 is 9.53 Å². The standard InChI is InChI=1S/C23H23N3O2/c1-4-15(2)14-25-23(27)22-18-11-10-17(28-3)12-19(18)21(20(13-24)26-22)16-8-6-5-7-9-16/h5-12,15H,4,14H2,1-3H3,(H,25,27). The number of aromatic nitrogens is 1. The zero-order valence-electron chi connectivity index (χ0n) is 16.3. The van der Waals surface area contributed by atoms with Crippen LogP contribution in [0, 0.1) is 17.2 Å². The summed E-state index contributed by atoms with van der Waals surface area (Å²) in [4.78, 5) is 17.3. The topological polar surface area (TPSA) is 75.0 Å². The lowest BCUT2D eigenvalue weighted by atomic mass is 9.95. The van der Waals surface area contributed by atoms with E-state index in [4.69, 9.17) is 4.74 Å². The Hall–Kier alpha value is -3.39. The highest BCUT2D eigenvalue weighted by Crippen LogP contribution is 2.34. The summed E-state index contributed by atoms with van der Waals surface area (Å²) < 4.78 is 5.38. The summed E-state index contributed by atoms with van der Waals surface area (Å²) >= 11 is 0. The van der Waals surface area contributed by atoms with Crippen LogP contribution in [0.1, 0.15) is 36.5 Å². The Morgan fingerprint density at radius 2 is 1.96 bits per heavy atom. The lowest BCUT2D eigenvalue weighted by Crippen LogP contribution is -2.29. The number of rotatable bonds is 6. The van der Waals surface area contributed by atoms with Crippen LogP contribution >= 0.6 is 0 Å². The van der Waals surface area contributed by atoms with Crippen LogP contribution in [-0.2, 0) is 0 Å². The molecule has 0 saturated heterocycles. The molecule has 1 N–H and O–H groups in total. The molecule has 0 spiro atoms. The zero-order chi connectivity index (χ0) is 20.1. The number of nitrogens with zero attached hydrogens (tertiary/aromatic N) is 2. The second-order valence-corrected chi connectivity index (χ2v) is 6.80. The number of nitrogens with one attached hydrogen (secondary N) is 1. The van der Waals surface area contributed by atoms with Crippen LogP contribution in [0.4, 0.5) is 0 Å². The van der Waals surface area contributed by atoms with Gasteiger partial charge in [0.2, 0.25) is 0 Å². The largest absolute Gasteiger partial charge is 0.497 e. The molecule has 0 aliphatic heterocycles. The van der Waals surface area contributed by atoms with E-state index >= 15 is 0 Å². The third-order valence-electron chi connectivity index (χ3n) is 4.90. The Balaban J connectivity index is 2.22. The van der Waals surface area contributed by atoms with E-state index in [9.17, 15) is 10.1 Å². The molecule has 142 valence electrons. The molecule has 1 aromatic heterocycles. The molecule has 0 radical (unpaired) electrons. The first kappa shape index (κ1) is 19.4. The molecule has 0 saturated carbocycles. The number of hydrogen-bond acceptors (Lipinski definition) is 4. The van der Waals surface area contributed by atoms with Gasteiger partial charge in [0.15, 0.2) is 0 Å². The first-order valence-electron chi connectivity index (χ1n) is 9.34. The smallest absolute Gasteiger partial charge is 0.270 e. The van der Waals surface area contributed by atoms with Crippen LogP contribution in [0.3, 0.4) is 0 Å². The minimum Gasteiger partial charge on any atom is -0.497 e. The molecule has 0 aliphatic rings. The highest BCUT2D eigenvalue weighted by molar-refractivity contribution is 6.10. The van der Waals surface area contributed by atoms with Crippen molar-refractivity contribution >= 4 is 16.7 Å². The van der Waals surface area contributed by atoms with Crippen molar-refractivity contribution in [2.24, 2.45) is 5.92 Å². The zero-order valence-corrected chi connectivity index (χ0v) is 16.3. The highest BCUT2D eigenvalue weighted by atomic mass is 16.5. The second kappa shape index (κ2) is 8.53. The van der Waals surface area contributed by atoms with Gasteiger partial charge >= 0.3 is 0 Å². The van der Waals surface area contributed by atoms with Crippen molar-refractivity contribution in [2.45, 2.75) is 20.3 Å². The van der Waals surface area contributed by atoms with Crippen molar-refractivity contribution in [1.82, 2.24) is 10.3 Å². The molecule has 1 unspecified atom stereocenters. The molecule has 2 aromatic carbocycles. The molecular formula is C23H23N3O2. The minimum atomic E-state index is -0.272. The molecule has 5 heteroatoms. The van der Waals surface area contributed by atoms with Gasteiger partial charge in [0, 0.05) is 17.5 Å². The van der Waals surface area contributed by atoms with Gasteiger partial charge in [0.05, 0.1) is 7.11 Å². The fourth-order valence-electron chi connectivity index (χ4n) is 3.07. The number of ether oxygens (including phenoxy) is 1. The fraction of sp³-hybridized carbons (Fsp3) is 0.261. The summed E-state index contributed by atoms with van der Waals surface area (Å²) in [7, 11) is 1.59. The Bertz CT molecular complexity index is 1040. The lowest BCUT2D eigenvalue weighted by molar-refractivity contribution is 0.0944. The van der Waals surface area contributed by atoms with Crippen molar-refractivity contribution in [2.75, 3.05) is 13.7 Å². The van der Waals surface area contributed by atoms with Gasteiger partial charge < -0.3 is 10.1 Å². The molecule has 1 atom stereocenters. The number of carbonyl (C=O) groups is 1. The summed E-state index contributed by atoms with van der Waals surface area (Å²) in [6.45, 7) is 4.73. The molecule has 3 rings (SSSR count). The van der Waals surface area contributed by atoms with Crippen LogP contribution < -0.4 is 10.1 Å². The highest BCUT2D eigenvalue weighted by Gasteiger charge is 2.20. The van der Waals surface area contributed by atoms with Gasteiger partial charge in [-0.25, -0.2) is 4.98 Å². The normalized spacial score (nSPS) is 11.6. The van der Waals surface area contributed by atoms with Gasteiger partial charge in [-0.05, 0) is 35.1 Å². The molecule has 0 bridgehead atoms. The maximum atomic E-state index is 12.8. The monoisotopic (exact) mass is 373 g/mol. The number of amides is 1. The van der Waals surface area contributed by atoms with Crippen LogP contribution in [0.15, 0.2) is 48.5 Å². The summed E-state index contributed by atoms with van der Waals surface area (Å²) in [6.07, 6.45) is 0.974. The summed E-state index contributed by atoms with van der Waals surface area (Å²) in [5, 5.41) is 14.2. The van der Waals surface area contributed by atoms with Crippen LogP contribution in [0.2, 0.25) is 0 Å². The quantitative estimate of drug-likeness (QED) is 0.687. The third-order valence-corrected chi connectivity index (χ3v) is 4.90. The molecule has 1 amide bonds. The fourth-order valence-corrected chi connectivity index (χ4v) is 3.07. The first-order valence-corrected chi connectivity index (χ1v) is 9.34. The van der Waals surface area contributed by atoms with Gasteiger partial charge in [0.1, 0.15) is 23.2 Å². The third kappa shape index (κ3) is 3.81. The number of pyridine rings is 1. The van der Waals surface area contributed by atoms with Crippen molar-refractivity contribution in [3.63, 3.8) is 0 Å². The second-order valence-electron chi connectivity index (χ2n) is 6.80. The van der Waals surface area contributed by atoms with Crippen LogP contribution in [-0.4, -0.2) is 24.5 Å². The maximum absolute atomic E-state index is 12.8. The number of fused-ring (bicyclic) bond motifs is 1. The van der Waals surface area contributed by atoms with E-state index in [1.165, 1.54) is 0 Å². The number of benzene rings is 2. The average molecular weight is 373 g/mol. The Kier molecular flexibility index (Phi) is 5.90. The summed E-state index contributed by atoms with van der Waals surface area (Å²) in [5.74, 6) is 0.756. The van der Waals surface area contributed by atoms with Gasteiger partial charge in [-0.15, -0.1) is 0 Å². The average Bonchev–Trinajstić information content (AvgIpc) is 2.75. The van der Waals surface area contributed by atoms with E-state index in [1.807, 2.05) is 42.5 Å². The molecule has 1 heterocycles. The van der Waals surface area contributed by atoms with Crippen molar-refractivity contribution in [3.8, 4) is 22.9 Å². The molecular weight excluding hydrogens is 350 g/mol. The van der Waals surface area contributed by atoms with E-state index in [2.05, 4.69) is 30.2 Å². The molecule has 0 aliphatic carbocycles.